The lowest BCUT2D eigenvalue weighted by Crippen LogP contribution is -2.47. The quantitative estimate of drug-likeness (QED) is 0.418. The molecule has 0 aliphatic carbocycles. The summed E-state index contributed by atoms with van der Waals surface area (Å²) >= 11 is 12.2. The Labute approximate surface area is 168 Å². The van der Waals surface area contributed by atoms with Gasteiger partial charge in [0.25, 0.3) is 0 Å². The lowest BCUT2D eigenvalue weighted by molar-refractivity contribution is -0.150. The number of aliphatic imine (C=N–C) groups is 1. The van der Waals surface area contributed by atoms with Crippen LogP contribution in [0.25, 0.3) is 5.57 Å². The largest absolute Gasteiger partial charge is 0.408 e. The Bertz CT molecular complexity index is 924. The second-order valence-corrected chi connectivity index (χ2v) is 6.32. The van der Waals surface area contributed by atoms with E-state index < -0.39 is 29.0 Å². The average molecular weight is 434 g/mol. The summed E-state index contributed by atoms with van der Waals surface area (Å²) in [6.45, 7) is 4.26. The summed E-state index contributed by atoms with van der Waals surface area (Å²) in [6, 6.07) is 3.37. The van der Waals surface area contributed by atoms with Crippen molar-refractivity contribution < 1.29 is 17.6 Å². The Morgan fingerprint density at radius 3 is 2.57 bits per heavy atom. The lowest BCUT2D eigenvalue weighted by atomic mass is 10.0. The number of hydrazine groups is 1. The number of allylic oxidation sites excluding steroid dienone is 3. The standard InChI is InChI=1S/C17H13Cl2F4N5/c1-3-9(7-24)15-27-14(19)13(12-10(18)5-4-6-11(12)20)16(28(15)25)26-8(2)17(21,22)23/h3-6,8,26H,1,25H2,2H3/b15-9+/t8-/m0/s1. The summed E-state index contributed by atoms with van der Waals surface area (Å²) in [6.07, 6.45) is -3.55. The molecular formula is C17H13Cl2F4N5. The van der Waals surface area contributed by atoms with Crippen molar-refractivity contribution >= 4 is 33.9 Å². The Morgan fingerprint density at radius 2 is 2.07 bits per heavy atom. The summed E-state index contributed by atoms with van der Waals surface area (Å²) in [4.78, 5) is 3.93. The zero-order valence-electron chi connectivity index (χ0n) is 14.3. The first-order chi connectivity index (χ1) is 13.0. The Morgan fingerprint density at radius 1 is 1.43 bits per heavy atom. The topological polar surface area (TPSA) is 77.4 Å². The predicted octanol–water partition coefficient (Wildman–Crippen LogP) is 4.44. The average Bonchev–Trinajstić information content (AvgIpc) is 2.60. The Hall–Kier alpha value is -2.54. The van der Waals surface area contributed by atoms with Crippen molar-refractivity contribution in [2.45, 2.75) is 19.1 Å². The third-order valence-electron chi connectivity index (χ3n) is 3.74. The van der Waals surface area contributed by atoms with Gasteiger partial charge in [-0.2, -0.15) is 18.4 Å². The number of benzene rings is 1. The summed E-state index contributed by atoms with van der Waals surface area (Å²) in [5.41, 5.74) is -0.729. The molecule has 0 aromatic heterocycles. The zero-order valence-corrected chi connectivity index (χ0v) is 15.8. The van der Waals surface area contributed by atoms with Gasteiger partial charge in [-0.05, 0) is 25.1 Å². The van der Waals surface area contributed by atoms with Crippen molar-refractivity contribution in [1.29, 1.82) is 5.26 Å². The minimum absolute atomic E-state index is 0.118. The van der Waals surface area contributed by atoms with Crippen LogP contribution in [0, 0.1) is 17.1 Å². The second kappa shape index (κ2) is 8.22. The van der Waals surface area contributed by atoms with Crippen molar-refractivity contribution in [2.24, 2.45) is 10.8 Å². The van der Waals surface area contributed by atoms with Gasteiger partial charge < -0.3 is 5.32 Å². The number of nitriles is 1. The van der Waals surface area contributed by atoms with Gasteiger partial charge in [-0.25, -0.2) is 20.2 Å². The molecule has 1 aliphatic heterocycles. The van der Waals surface area contributed by atoms with Crippen LogP contribution in [0.2, 0.25) is 5.02 Å². The van der Waals surface area contributed by atoms with Crippen molar-refractivity contribution in [3.8, 4) is 6.07 Å². The van der Waals surface area contributed by atoms with Crippen LogP contribution in [-0.4, -0.2) is 22.4 Å². The van der Waals surface area contributed by atoms with Crippen LogP contribution in [0.3, 0.4) is 0 Å². The number of halogens is 6. The van der Waals surface area contributed by atoms with Gasteiger partial charge in [0, 0.05) is 5.56 Å². The molecule has 1 heterocycles. The van der Waals surface area contributed by atoms with Crippen LogP contribution in [0.4, 0.5) is 17.6 Å². The van der Waals surface area contributed by atoms with Crippen molar-refractivity contribution in [3.63, 3.8) is 0 Å². The van der Waals surface area contributed by atoms with Gasteiger partial charge >= 0.3 is 6.18 Å². The molecule has 5 nitrogen and oxygen atoms in total. The predicted molar refractivity (Wildman–Crippen MR) is 99.1 cm³/mol. The van der Waals surface area contributed by atoms with E-state index in [-0.39, 0.29) is 27.6 Å². The van der Waals surface area contributed by atoms with Crippen molar-refractivity contribution in [2.75, 3.05) is 0 Å². The molecule has 0 unspecified atom stereocenters. The maximum atomic E-state index is 14.4. The fourth-order valence-corrected chi connectivity index (χ4v) is 2.81. The third-order valence-corrected chi connectivity index (χ3v) is 4.33. The van der Waals surface area contributed by atoms with Gasteiger partial charge in [-0.15, -0.1) is 0 Å². The van der Waals surface area contributed by atoms with E-state index in [1.165, 1.54) is 12.1 Å². The minimum atomic E-state index is -4.65. The highest BCUT2D eigenvalue weighted by atomic mass is 35.5. The first kappa shape index (κ1) is 21.8. The van der Waals surface area contributed by atoms with E-state index in [1.807, 2.05) is 0 Å². The molecule has 0 amide bonds. The number of rotatable bonds is 4. The molecule has 0 saturated heterocycles. The number of hydrogen-bond acceptors (Lipinski definition) is 5. The molecule has 3 N–H and O–H groups in total. The van der Waals surface area contributed by atoms with Crippen LogP contribution >= 0.6 is 23.2 Å². The molecule has 0 fully saturated rings. The van der Waals surface area contributed by atoms with Gasteiger partial charge in [0.15, 0.2) is 5.82 Å². The second-order valence-electron chi connectivity index (χ2n) is 5.55. The van der Waals surface area contributed by atoms with Crippen LogP contribution < -0.4 is 11.2 Å². The summed E-state index contributed by atoms with van der Waals surface area (Å²) in [7, 11) is 0. The maximum Gasteiger partial charge on any atom is 0.408 e. The highest BCUT2D eigenvalue weighted by Crippen LogP contribution is 2.36. The Kier molecular flexibility index (Phi) is 6.39. The first-order valence-electron chi connectivity index (χ1n) is 7.61. The van der Waals surface area contributed by atoms with Gasteiger partial charge in [-0.3, -0.25) is 0 Å². The van der Waals surface area contributed by atoms with Crippen LogP contribution in [0.15, 0.2) is 53.1 Å². The molecule has 0 saturated carbocycles. The van der Waals surface area contributed by atoms with Crippen molar-refractivity contribution in [1.82, 2.24) is 10.3 Å². The fourth-order valence-electron chi connectivity index (χ4n) is 2.29. The number of nitrogens with two attached hydrogens (primary N) is 1. The van der Waals surface area contributed by atoms with E-state index >= 15 is 0 Å². The smallest absolute Gasteiger partial charge is 0.359 e. The van der Waals surface area contributed by atoms with E-state index in [4.69, 9.17) is 29.0 Å². The van der Waals surface area contributed by atoms with E-state index in [2.05, 4.69) is 16.9 Å². The van der Waals surface area contributed by atoms with E-state index in [0.29, 0.717) is 5.01 Å². The highest BCUT2D eigenvalue weighted by Gasteiger charge is 2.39. The molecule has 1 aromatic carbocycles. The molecule has 0 bridgehead atoms. The van der Waals surface area contributed by atoms with Crippen LogP contribution in [0.5, 0.6) is 0 Å². The van der Waals surface area contributed by atoms with E-state index in [0.717, 1.165) is 19.1 Å². The molecule has 28 heavy (non-hydrogen) atoms. The van der Waals surface area contributed by atoms with E-state index in [9.17, 15) is 22.8 Å². The molecule has 2 rings (SSSR count). The van der Waals surface area contributed by atoms with Crippen LogP contribution in [-0.2, 0) is 0 Å². The molecule has 1 aliphatic rings. The van der Waals surface area contributed by atoms with Gasteiger partial charge in [0.05, 0.1) is 16.2 Å². The zero-order chi connectivity index (χ0) is 21.2. The fraction of sp³-hybridized carbons (Fsp3) is 0.176. The monoisotopic (exact) mass is 433 g/mol. The molecule has 0 radical (unpaired) electrons. The van der Waals surface area contributed by atoms with Crippen LogP contribution in [0.1, 0.15) is 12.5 Å². The molecular weight excluding hydrogens is 421 g/mol. The number of hydrogen-bond donors (Lipinski definition) is 2. The molecule has 1 atom stereocenters. The number of nitrogens with zero attached hydrogens (tertiary/aromatic N) is 3. The summed E-state index contributed by atoms with van der Waals surface area (Å²) in [5, 5.41) is 11.5. The molecule has 0 spiro atoms. The summed E-state index contributed by atoms with van der Waals surface area (Å²) < 4.78 is 53.8. The van der Waals surface area contributed by atoms with E-state index in [1.54, 1.807) is 6.07 Å². The molecule has 148 valence electrons. The minimum Gasteiger partial charge on any atom is -0.359 e. The summed E-state index contributed by atoms with van der Waals surface area (Å²) in [5.74, 6) is 4.37. The van der Waals surface area contributed by atoms with Gasteiger partial charge in [0.1, 0.15) is 28.9 Å². The highest BCUT2D eigenvalue weighted by molar-refractivity contribution is 6.76. The molecule has 11 heteroatoms. The SMILES string of the molecule is C=C/C(C#N)=C1/N=C(Cl)C(c2c(F)cccc2Cl)=C(N[C@@H](C)C(F)(F)F)N1N. The normalized spacial score (nSPS) is 17.7. The lowest BCUT2D eigenvalue weighted by Gasteiger charge is -2.32. The first-order valence-corrected chi connectivity index (χ1v) is 8.36. The number of alkyl halides is 3. The van der Waals surface area contributed by atoms with Gasteiger partial charge in [0.2, 0.25) is 0 Å². The number of nitrogens with one attached hydrogen (secondary N) is 1. The van der Waals surface area contributed by atoms with Crippen molar-refractivity contribution in [3.05, 3.63) is 64.5 Å². The Balaban J connectivity index is 2.81. The van der Waals surface area contributed by atoms with Gasteiger partial charge in [-0.1, -0.05) is 35.8 Å². The third kappa shape index (κ3) is 4.14. The maximum absolute atomic E-state index is 14.4. The molecule has 1 aromatic rings.